The largest absolute Gasteiger partial charge is 0.372 e. The Kier molecular flexibility index (Phi) is 6.23. The fraction of sp³-hybridized carbons (Fsp3) is 0.125. The van der Waals surface area contributed by atoms with Gasteiger partial charge in [-0.2, -0.15) is 0 Å². The minimum absolute atomic E-state index is 0.0333. The summed E-state index contributed by atoms with van der Waals surface area (Å²) in [4.78, 5) is 26.9. The van der Waals surface area contributed by atoms with Crippen LogP contribution in [0.5, 0.6) is 0 Å². The fourth-order valence-electron chi connectivity index (χ4n) is 5.34. The summed E-state index contributed by atoms with van der Waals surface area (Å²) in [5, 5.41) is 7.20. The van der Waals surface area contributed by atoms with Crippen molar-refractivity contribution in [1.82, 2.24) is 0 Å². The standard InChI is InChI=1S/C32H25BrN2O2/c33-25-13-7-12-22(16-25)31-30-28(18-24(19-29(30)36)20-8-3-1-4-9-20)34-27-17-23(14-15-26(27)35-31)32(37)21-10-5-2-6-11-21/h1-17,24,31,34-35H,18-19H2/t24-,31-/m0/s1. The highest BCUT2D eigenvalue weighted by atomic mass is 79.9. The van der Waals surface area contributed by atoms with Crippen LogP contribution < -0.4 is 10.6 Å². The second-order valence-electron chi connectivity index (χ2n) is 9.54. The first-order valence-corrected chi connectivity index (χ1v) is 13.2. The number of benzene rings is 4. The summed E-state index contributed by atoms with van der Waals surface area (Å²) in [6.07, 6.45) is 1.18. The Morgan fingerprint density at radius 1 is 0.730 bits per heavy atom. The van der Waals surface area contributed by atoms with E-state index in [1.165, 1.54) is 0 Å². The van der Waals surface area contributed by atoms with Crippen molar-refractivity contribution >= 4 is 38.9 Å². The van der Waals surface area contributed by atoms with Gasteiger partial charge in [0.15, 0.2) is 11.6 Å². The van der Waals surface area contributed by atoms with Crippen LogP contribution in [-0.2, 0) is 4.79 Å². The minimum atomic E-state index is -0.304. The number of anilines is 2. The summed E-state index contributed by atoms with van der Waals surface area (Å²) < 4.78 is 0.959. The number of carbonyl (C=O) groups is 2. The number of carbonyl (C=O) groups excluding carboxylic acids is 2. The number of allylic oxidation sites excluding steroid dienone is 1. The number of ketones is 2. The van der Waals surface area contributed by atoms with Crippen molar-refractivity contribution in [3.8, 4) is 0 Å². The lowest BCUT2D eigenvalue weighted by molar-refractivity contribution is -0.116. The second kappa shape index (κ2) is 9.83. The van der Waals surface area contributed by atoms with Crippen LogP contribution in [0, 0.1) is 0 Å². The molecule has 1 aliphatic carbocycles. The van der Waals surface area contributed by atoms with E-state index in [4.69, 9.17) is 0 Å². The molecule has 0 aromatic heterocycles. The molecule has 4 nitrogen and oxygen atoms in total. The number of Topliss-reactive ketones (excluding diaryl/α,β-unsaturated/α-hetero) is 1. The molecular weight excluding hydrogens is 524 g/mol. The van der Waals surface area contributed by atoms with Gasteiger partial charge in [-0.3, -0.25) is 9.59 Å². The number of nitrogens with one attached hydrogen (secondary N) is 2. The third-order valence-electron chi connectivity index (χ3n) is 7.15. The summed E-state index contributed by atoms with van der Waals surface area (Å²) in [6.45, 7) is 0. The van der Waals surface area contributed by atoms with Crippen molar-refractivity contribution in [3.05, 3.63) is 141 Å². The monoisotopic (exact) mass is 548 g/mol. The van der Waals surface area contributed by atoms with Gasteiger partial charge in [0.25, 0.3) is 0 Å². The van der Waals surface area contributed by atoms with Crippen molar-refractivity contribution in [3.63, 3.8) is 0 Å². The molecule has 0 unspecified atom stereocenters. The first-order chi connectivity index (χ1) is 18.1. The van der Waals surface area contributed by atoms with Crippen molar-refractivity contribution in [2.24, 2.45) is 0 Å². The topological polar surface area (TPSA) is 58.2 Å². The van der Waals surface area contributed by atoms with Crippen LogP contribution >= 0.6 is 15.9 Å². The zero-order valence-electron chi connectivity index (χ0n) is 20.1. The van der Waals surface area contributed by atoms with Crippen molar-refractivity contribution < 1.29 is 9.59 Å². The van der Waals surface area contributed by atoms with Crippen LogP contribution in [0.4, 0.5) is 11.4 Å². The first kappa shape index (κ1) is 23.4. The normalized spacial score (nSPS) is 18.7. The van der Waals surface area contributed by atoms with E-state index in [0.29, 0.717) is 24.0 Å². The minimum Gasteiger partial charge on any atom is -0.372 e. The molecule has 2 aliphatic rings. The Bertz CT molecular complexity index is 1530. The molecule has 2 N–H and O–H groups in total. The Hall–Kier alpha value is -3.96. The van der Waals surface area contributed by atoms with Gasteiger partial charge in [-0.05, 0) is 53.8 Å². The highest BCUT2D eigenvalue weighted by Gasteiger charge is 2.36. The van der Waals surface area contributed by atoms with Crippen LogP contribution in [-0.4, -0.2) is 11.6 Å². The molecule has 1 aliphatic heterocycles. The van der Waals surface area contributed by atoms with E-state index in [2.05, 4.69) is 44.8 Å². The SMILES string of the molecule is O=C1C[C@@H](c2ccccc2)CC2=C1[C@H](c1cccc(Br)c1)Nc1ccc(C(=O)c3ccccc3)cc1N2. The molecule has 0 spiro atoms. The van der Waals surface area contributed by atoms with Crippen molar-refractivity contribution in [2.45, 2.75) is 24.8 Å². The molecule has 0 radical (unpaired) electrons. The molecule has 0 fully saturated rings. The highest BCUT2D eigenvalue weighted by Crippen LogP contribution is 2.44. The van der Waals surface area contributed by atoms with Crippen LogP contribution in [0.2, 0.25) is 0 Å². The van der Waals surface area contributed by atoms with E-state index in [1.807, 2.05) is 84.9 Å². The van der Waals surface area contributed by atoms with E-state index in [-0.39, 0.29) is 23.5 Å². The molecule has 4 aromatic rings. The maximum Gasteiger partial charge on any atom is 0.193 e. The summed E-state index contributed by atoms with van der Waals surface area (Å²) in [6, 6.07) is 32.9. The average molecular weight is 549 g/mol. The Balaban J connectivity index is 1.44. The molecule has 37 heavy (non-hydrogen) atoms. The highest BCUT2D eigenvalue weighted by molar-refractivity contribution is 9.10. The molecule has 0 saturated heterocycles. The van der Waals surface area contributed by atoms with Gasteiger partial charge in [0.05, 0.1) is 17.4 Å². The molecule has 0 amide bonds. The van der Waals surface area contributed by atoms with E-state index >= 15 is 0 Å². The fourth-order valence-corrected chi connectivity index (χ4v) is 5.76. The van der Waals surface area contributed by atoms with Crippen LogP contribution in [0.1, 0.15) is 51.8 Å². The molecule has 0 bridgehead atoms. The molecule has 5 heteroatoms. The average Bonchev–Trinajstić information content (AvgIpc) is 3.10. The maximum absolute atomic E-state index is 13.7. The summed E-state index contributed by atoms with van der Waals surface area (Å²) >= 11 is 3.59. The maximum atomic E-state index is 13.7. The zero-order chi connectivity index (χ0) is 25.4. The Morgan fingerprint density at radius 2 is 1.46 bits per heavy atom. The number of hydrogen-bond donors (Lipinski definition) is 2. The molecule has 0 saturated carbocycles. The molecule has 4 aromatic carbocycles. The lowest BCUT2D eigenvalue weighted by atomic mass is 9.78. The molecular formula is C32H25BrN2O2. The summed E-state index contributed by atoms with van der Waals surface area (Å²) in [5.74, 6) is 0.196. The number of hydrogen-bond acceptors (Lipinski definition) is 4. The van der Waals surface area contributed by atoms with Crippen molar-refractivity contribution in [2.75, 3.05) is 10.6 Å². The molecule has 182 valence electrons. The molecule has 1 heterocycles. The van der Waals surface area contributed by atoms with Gasteiger partial charge in [0.2, 0.25) is 0 Å². The first-order valence-electron chi connectivity index (χ1n) is 12.4. The predicted octanol–water partition coefficient (Wildman–Crippen LogP) is 7.66. The van der Waals surface area contributed by atoms with Gasteiger partial charge in [0.1, 0.15) is 0 Å². The smallest absolute Gasteiger partial charge is 0.193 e. The Morgan fingerprint density at radius 3 is 2.22 bits per heavy atom. The number of rotatable bonds is 4. The Labute approximate surface area is 224 Å². The predicted molar refractivity (Wildman–Crippen MR) is 151 cm³/mol. The molecule has 6 rings (SSSR count). The van der Waals surface area contributed by atoms with Crippen LogP contribution in [0.25, 0.3) is 0 Å². The van der Waals surface area contributed by atoms with E-state index < -0.39 is 0 Å². The third-order valence-corrected chi connectivity index (χ3v) is 7.65. The number of halogens is 1. The summed E-state index contributed by atoms with van der Waals surface area (Å²) in [5.41, 5.74) is 6.74. The van der Waals surface area contributed by atoms with Crippen LogP contribution in [0.3, 0.4) is 0 Å². The quantitative estimate of drug-likeness (QED) is 0.257. The van der Waals surface area contributed by atoms with Gasteiger partial charge >= 0.3 is 0 Å². The zero-order valence-corrected chi connectivity index (χ0v) is 21.7. The van der Waals surface area contributed by atoms with Gasteiger partial charge in [-0.15, -0.1) is 0 Å². The van der Waals surface area contributed by atoms with Gasteiger partial charge in [0, 0.05) is 33.3 Å². The second-order valence-corrected chi connectivity index (χ2v) is 10.5. The molecule has 2 atom stereocenters. The van der Waals surface area contributed by atoms with Gasteiger partial charge < -0.3 is 10.6 Å². The van der Waals surface area contributed by atoms with E-state index in [0.717, 1.165) is 38.2 Å². The van der Waals surface area contributed by atoms with E-state index in [9.17, 15) is 9.59 Å². The van der Waals surface area contributed by atoms with Gasteiger partial charge in [-0.25, -0.2) is 0 Å². The summed E-state index contributed by atoms with van der Waals surface area (Å²) in [7, 11) is 0. The lowest BCUT2D eigenvalue weighted by Gasteiger charge is -2.30. The lowest BCUT2D eigenvalue weighted by Crippen LogP contribution is -2.26. The third kappa shape index (κ3) is 4.63. The van der Waals surface area contributed by atoms with Crippen molar-refractivity contribution in [1.29, 1.82) is 0 Å². The number of fused-ring (bicyclic) bond motifs is 1. The van der Waals surface area contributed by atoms with Gasteiger partial charge in [-0.1, -0.05) is 88.7 Å². The van der Waals surface area contributed by atoms with E-state index in [1.54, 1.807) is 0 Å². The van der Waals surface area contributed by atoms with Crippen LogP contribution in [0.15, 0.2) is 119 Å².